The van der Waals surface area contributed by atoms with E-state index in [4.69, 9.17) is 4.74 Å². The highest BCUT2D eigenvalue weighted by atomic mass is 16.5. The zero-order valence-corrected chi connectivity index (χ0v) is 15.9. The van der Waals surface area contributed by atoms with Gasteiger partial charge in [0.05, 0.1) is 5.56 Å². The topological polar surface area (TPSA) is 55.4 Å². The van der Waals surface area contributed by atoms with Crippen LogP contribution >= 0.6 is 0 Å². The highest BCUT2D eigenvalue weighted by Crippen LogP contribution is 2.12. The minimum Gasteiger partial charge on any atom is -0.449 e. The van der Waals surface area contributed by atoms with Crippen LogP contribution in [0.15, 0.2) is 48.5 Å². The van der Waals surface area contributed by atoms with Gasteiger partial charge in [-0.05, 0) is 69.4 Å². The van der Waals surface area contributed by atoms with E-state index in [-0.39, 0.29) is 11.9 Å². The molecule has 4 nitrogen and oxygen atoms in total. The summed E-state index contributed by atoms with van der Waals surface area (Å²) >= 11 is 0. The van der Waals surface area contributed by atoms with Crippen molar-refractivity contribution in [1.29, 1.82) is 0 Å². The second-order valence-electron chi connectivity index (χ2n) is 6.78. The van der Waals surface area contributed by atoms with Gasteiger partial charge < -0.3 is 10.1 Å². The fraction of sp³-hybridized carbons (Fsp3) is 0.364. The molecule has 1 N–H and O–H groups in total. The average molecular weight is 353 g/mol. The Balaban J connectivity index is 1.82. The van der Waals surface area contributed by atoms with E-state index in [9.17, 15) is 9.59 Å². The molecule has 26 heavy (non-hydrogen) atoms. The third kappa shape index (κ3) is 5.73. The van der Waals surface area contributed by atoms with E-state index in [1.807, 2.05) is 45.0 Å². The molecule has 138 valence electrons. The van der Waals surface area contributed by atoms with E-state index in [1.54, 1.807) is 19.1 Å². The van der Waals surface area contributed by atoms with Gasteiger partial charge >= 0.3 is 5.97 Å². The highest BCUT2D eigenvalue weighted by Gasteiger charge is 2.20. The molecular formula is C22H27NO3. The Kier molecular flexibility index (Phi) is 6.96. The number of carbonyl (C=O) groups is 2. The standard InChI is InChI=1S/C22H27NO3/c1-15-10-13-20(14-16(15)2)22(25)26-18(4)21(24)23-17(3)11-12-19-8-6-5-7-9-19/h5-10,13-14,17-18H,11-12H2,1-4H3,(H,23,24)/t17-,18+/m1/s1. The first-order chi connectivity index (χ1) is 12.4. The zero-order valence-electron chi connectivity index (χ0n) is 15.9. The smallest absolute Gasteiger partial charge is 0.338 e. The number of carbonyl (C=O) groups excluding carboxylic acids is 2. The summed E-state index contributed by atoms with van der Waals surface area (Å²) in [5.41, 5.74) is 3.83. The molecule has 0 saturated heterocycles. The monoisotopic (exact) mass is 353 g/mol. The lowest BCUT2D eigenvalue weighted by Crippen LogP contribution is -2.41. The Morgan fingerprint density at radius 3 is 2.35 bits per heavy atom. The molecule has 2 atom stereocenters. The van der Waals surface area contributed by atoms with Gasteiger partial charge in [0.1, 0.15) is 0 Å². The minimum absolute atomic E-state index is 0.00507. The second-order valence-corrected chi connectivity index (χ2v) is 6.78. The number of nitrogens with one attached hydrogen (secondary N) is 1. The van der Waals surface area contributed by atoms with E-state index >= 15 is 0 Å². The number of esters is 1. The molecule has 0 spiro atoms. The zero-order chi connectivity index (χ0) is 19.1. The number of hydrogen-bond donors (Lipinski definition) is 1. The predicted molar refractivity (Wildman–Crippen MR) is 103 cm³/mol. The van der Waals surface area contributed by atoms with Crippen LogP contribution < -0.4 is 5.32 Å². The van der Waals surface area contributed by atoms with Crippen molar-refractivity contribution in [3.63, 3.8) is 0 Å². The van der Waals surface area contributed by atoms with Crippen molar-refractivity contribution in [3.8, 4) is 0 Å². The Morgan fingerprint density at radius 1 is 1.00 bits per heavy atom. The molecule has 0 unspecified atom stereocenters. The molecule has 0 heterocycles. The first kappa shape index (κ1) is 19.7. The molecule has 0 aliphatic rings. The van der Waals surface area contributed by atoms with Crippen LogP contribution in [-0.4, -0.2) is 24.0 Å². The van der Waals surface area contributed by atoms with Crippen LogP contribution in [0.2, 0.25) is 0 Å². The Morgan fingerprint density at radius 2 is 1.69 bits per heavy atom. The maximum atomic E-state index is 12.3. The van der Waals surface area contributed by atoms with Gasteiger partial charge in [0.15, 0.2) is 6.10 Å². The van der Waals surface area contributed by atoms with Crippen molar-refractivity contribution < 1.29 is 14.3 Å². The van der Waals surface area contributed by atoms with Gasteiger partial charge in [0.25, 0.3) is 5.91 Å². The molecule has 0 bridgehead atoms. The van der Waals surface area contributed by atoms with Gasteiger partial charge in [-0.15, -0.1) is 0 Å². The first-order valence-corrected chi connectivity index (χ1v) is 8.99. The Bertz CT molecular complexity index is 755. The lowest BCUT2D eigenvalue weighted by atomic mass is 10.1. The maximum absolute atomic E-state index is 12.3. The second kappa shape index (κ2) is 9.18. The van der Waals surface area contributed by atoms with Crippen molar-refractivity contribution in [2.45, 2.75) is 52.7 Å². The Labute approximate surface area is 155 Å². The summed E-state index contributed by atoms with van der Waals surface area (Å²) in [5, 5.41) is 2.91. The third-order valence-corrected chi connectivity index (χ3v) is 4.49. The van der Waals surface area contributed by atoms with Crippen LogP contribution in [-0.2, 0) is 16.0 Å². The van der Waals surface area contributed by atoms with Crippen molar-refractivity contribution in [2.75, 3.05) is 0 Å². The summed E-state index contributed by atoms with van der Waals surface area (Å²) < 4.78 is 5.31. The van der Waals surface area contributed by atoms with Crippen molar-refractivity contribution >= 4 is 11.9 Å². The molecule has 4 heteroatoms. The number of rotatable bonds is 7. The van der Waals surface area contributed by atoms with Crippen LogP contribution in [0.25, 0.3) is 0 Å². The average Bonchev–Trinajstić information content (AvgIpc) is 2.63. The first-order valence-electron chi connectivity index (χ1n) is 8.99. The summed E-state index contributed by atoms with van der Waals surface area (Å²) in [6.07, 6.45) is 0.885. The van der Waals surface area contributed by atoms with Crippen molar-refractivity contribution in [3.05, 3.63) is 70.8 Å². The lowest BCUT2D eigenvalue weighted by molar-refractivity contribution is -0.129. The molecule has 0 radical (unpaired) electrons. The summed E-state index contributed by atoms with van der Waals surface area (Å²) in [6.45, 7) is 7.48. The number of ether oxygens (including phenoxy) is 1. The van der Waals surface area contributed by atoms with Gasteiger partial charge in [-0.25, -0.2) is 4.79 Å². The normalized spacial score (nSPS) is 12.9. The summed E-state index contributed by atoms with van der Waals surface area (Å²) in [6, 6.07) is 15.5. The van der Waals surface area contributed by atoms with Gasteiger partial charge in [0.2, 0.25) is 0 Å². The molecule has 0 saturated carbocycles. The third-order valence-electron chi connectivity index (χ3n) is 4.49. The molecule has 2 aromatic carbocycles. The van der Waals surface area contributed by atoms with Gasteiger partial charge in [-0.3, -0.25) is 4.79 Å². The highest BCUT2D eigenvalue weighted by molar-refractivity contribution is 5.92. The molecule has 2 aromatic rings. The van der Waals surface area contributed by atoms with Gasteiger partial charge in [-0.2, -0.15) is 0 Å². The number of hydrogen-bond acceptors (Lipinski definition) is 3. The summed E-state index contributed by atoms with van der Waals surface area (Å²) in [7, 11) is 0. The molecule has 2 rings (SSSR count). The van der Waals surface area contributed by atoms with E-state index in [0.29, 0.717) is 5.56 Å². The van der Waals surface area contributed by atoms with E-state index in [2.05, 4.69) is 17.4 Å². The van der Waals surface area contributed by atoms with Crippen LogP contribution in [0.4, 0.5) is 0 Å². The molecule has 0 aromatic heterocycles. The fourth-order valence-electron chi connectivity index (χ4n) is 2.61. The summed E-state index contributed by atoms with van der Waals surface area (Å²) in [4.78, 5) is 24.5. The predicted octanol–water partition coefficient (Wildman–Crippen LogP) is 3.99. The van der Waals surface area contributed by atoms with Gasteiger partial charge in [-0.1, -0.05) is 36.4 Å². The molecular weight excluding hydrogens is 326 g/mol. The van der Waals surface area contributed by atoms with Crippen LogP contribution in [0, 0.1) is 13.8 Å². The fourth-order valence-corrected chi connectivity index (χ4v) is 2.61. The molecule has 1 amide bonds. The maximum Gasteiger partial charge on any atom is 0.338 e. The van der Waals surface area contributed by atoms with Crippen LogP contribution in [0.3, 0.4) is 0 Å². The van der Waals surface area contributed by atoms with E-state index < -0.39 is 12.1 Å². The van der Waals surface area contributed by atoms with E-state index in [1.165, 1.54) is 5.56 Å². The number of aryl methyl sites for hydroxylation is 3. The SMILES string of the molecule is Cc1ccc(C(=O)O[C@@H](C)C(=O)N[C@H](C)CCc2ccccc2)cc1C. The minimum atomic E-state index is -0.830. The van der Waals surface area contributed by atoms with E-state index in [0.717, 1.165) is 24.0 Å². The Hall–Kier alpha value is -2.62. The van der Waals surface area contributed by atoms with Gasteiger partial charge in [0, 0.05) is 6.04 Å². The van der Waals surface area contributed by atoms with Crippen LogP contribution in [0.1, 0.15) is 47.3 Å². The van der Waals surface area contributed by atoms with Crippen molar-refractivity contribution in [2.24, 2.45) is 0 Å². The number of amides is 1. The lowest BCUT2D eigenvalue weighted by Gasteiger charge is -2.18. The molecule has 0 aliphatic carbocycles. The quantitative estimate of drug-likeness (QED) is 0.766. The van der Waals surface area contributed by atoms with Crippen molar-refractivity contribution in [1.82, 2.24) is 5.32 Å². The molecule has 0 fully saturated rings. The summed E-state index contributed by atoms with van der Waals surface area (Å²) in [5.74, 6) is -0.754. The molecule has 0 aliphatic heterocycles. The largest absolute Gasteiger partial charge is 0.449 e. The number of benzene rings is 2. The van der Waals surface area contributed by atoms with Crippen LogP contribution in [0.5, 0.6) is 0 Å².